The summed E-state index contributed by atoms with van der Waals surface area (Å²) in [6.45, 7) is 5.53. The van der Waals surface area contributed by atoms with Crippen LogP contribution in [-0.2, 0) is 6.54 Å². The molecule has 0 aliphatic heterocycles. The van der Waals surface area contributed by atoms with Gasteiger partial charge in [0, 0.05) is 5.56 Å². The summed E-state index contributed by atoms with van der Waals surface area (Å²) in [5.74, 6) is -0.220. The third-order valence-electron chi connectivity index (χ3n) is 4.87. The number of aromatic nitrogens is 2. The molecule has 0 aliphatic carbocycles. The average Bonchev–Trinajstić information content (AvgIpc) is 2.97. The molecule has 0 saturated heterocycles. The molecule has 0 radical (unpaired) electrons. The van der Waals surface area contributed by atoms with Crippen molar-refractivity contribution in [2.24, 2.45) is 0 Å². The second-order valence-corrected chi connectivity index (χ2v) is 7.81. The first-order valence-electron chi connectivity index (χ1n) is 9.20. The van der Waals surface area contributed by atoms with Crippen LogP contribution in [0.2, 0.25) is 10.0 Å². The standard InChI is InChI=1S/C21H20Cl2N4O3/c1-12(17-8-9-18(22)19(23)10-17)24-21(28)16-6-4-15(5-7-16)11-26-14(3)20(27(29)30)13(2)25-26/h4-10,12H,11H2,1-3H3,(H,24,28). The van der Waals surface area contributed by atoms with Crippen LogP contribution in [0.1, 0.15) is 45.8 Å². The van der Waals surface area contributed by atoms with Crippen LogP contribution in [0, 0.1) is 24.0 Å². The lowest BCUT2D eigenvalue weighted by Gasteiger charge is -2.15. The first-order valence-corrected chi connectivity index (χ1v) is 9.96. The monoisotopic (exact) mass is 446 g/mol. The van der Waals surface area contributed by atoms with Gasteiger partial charge in [-0.2, -0.15) is 5.10 Å². The molecule has 0 bridgehead atoms. The molecular weight excluding hydrogens is 427 g/mol. The number of halogens is 2. The lowest BCUT2D eigenvalue weighted by Crippen LogP contribution is -2.26. The predicted molar refractivity (Wildman–Crippen MR) is 116 cm³/mol. The van der Waals surface area contributed by atoms with Gasteiger partial charge in [0.15, 0.2) is 0 Å². The molecule has 9 heteroatoms. The van der Waals surface area contributed by atoms with Crippen LogP contribution in [0.3, 0.4) is 0 Å². The van der Waals surface area contributed by atoms with E-state index < -0.39 is 4.92 Å². The minimum atomic E-state index is -0.420. The fourth-order valence-electron chi connectivity index (χ4n) is 3.19. The molecule has 30 heavy (non-hydrogen) atoms. The summed E-state index contributed by atoms with van der Waals surface area (Å²) in [6.07, 6.45) is 0. The van der Waals surface area contributed by atoms with Crippen LogP contribution >= 0.6 is 23.2 Å². The summed E-state index contributed by atoms with van der Waals surface area (Å²) in [4.78, 5) is 23.3. The lowest BCUT2D eigenvalue weighted by molar-refractivity contribution is -0.386. The number of rotatable bonds is 6. The summed E-state index contributed by atoms with van der Waals surface area (Å²) >= 11 is 12.0. The molecule has 1 N–H and O–H groups in total. The van der Waals surface area contributed by atoms with Crippen molar-refractivity contribution in [2.45, 2.75) is 33.4 Å². The van der Waals surface area contributed by atoms with Gasteiger partial charge in [0.05, 0.1) is 27.6 Å². The predicted octanol–water partition coefficient (Wildman–Crippen LogP) is 5.25. The van der Waals surface area contributed by atoms with Gasteiger partial charge in [-0.05, 0) is 56.2 Å². The minimum absolute atomic E-state index is 0.0299. The Morgan fingerprint density at radius 1 is 1.17 bits per heavy atom. The maximum absolute atomic E-state index is 12.6. The summed E-state index contributed by atoms with van der Waals surface area (Å²) in [6, 6.07) is 12.0. The van der Waals surface area contributed by atoms with Gasteiger partial charge in [-0.25, -0.2) is 0 Å². The molecule has 7 nitrogen and oxygen atoms in total. The van der Waals surface area contributed by atoms with Crippen molar-refractivity contribution < 1.29 is 9.72 Å². The van der Waals surface area contributed by atoms with Gasteiger partial charge in [0.2, 0.25) is 0 Å². The second-order valence-electron chi connectivity index (χ2n) is 7.00. The number of nitrogens with one attached hydrogen (secondary N) is 1. The molecule has 0 spiro atoms. The highest BCUT2D eigenvalue weighted by molar-refractivity contribution is 6.42. The number of amides is 1. The molecule has 1 atom stereocenters. The van der Waals surface area contributed by atoms with Gasteiger partial charge in [0.25, 0.3) is 5.91 Å². The molecule has 1 aromatic heterocycles. The highest BCUT2D eigenvalue weighted by Crippen LogP contribution is 2.26. The molecule has 0 fully saturated rings. The first kappa shape index (κ1) is 21.8. The van der Waals surface area contributed by atoms with E-state index in [4.69, 9.17) is 23.2 Å². The summed E-state index contributed by atoms with van der Waals surface area (Å²) in [7, 11) is 0. The van der Waals surface area contributed by atoms with Crippen LogP contribution in [0.5, 0.6) is 0 Å². The van der Waals surface area contributed by atoms with E-state index in [1.54, 1.807) is 54.9 Å². The Bertz CT molecular complexity index is 1110. The van der Waals surface area contributed by atoms with E-state index in [2.05, 4.69) is 10.4 Å². The zero-order chi connectivity index (χ0) is 22.0. The van der Waals surface area contributed by atoms with Crippen LogP contribution in [0.25, 0.3) is 0 Å². The van der Waals surface area contributed by atoms with Crippen molar-refractivity contribution in [2.75, 3.05) is 0 Å². The van der Waals surface area contributed by atoms with E-state index in [-0.39, 0.29) is 17.6 Å². The van der Waals surface area contributed by atoms with Gasteiger partial charge < -0.3 is 5.32 Å². The number of hydrogen-bond acceptors (Lipinski definition) is 4. The molecule has 156 valence electrons. The van der Waals surface area contributed by atoms with Crippen molar-refractivity contribution in [3.8, 4) is 0 Å². The minimum Gasteiger partial charge on any atom is -0.346 e. The number of carbonyl (C=O) groups excluding carboxylic acids is 1. The van der Waals surface area contributed by atoms with Crippen molar-refractivity contribution in [1.82, 2.24) is 15.1 Å². The maximum Gasteiger partial charge on any atom is 0.312 e. The molecule has 2 aromatic carbocycles. The molecule has 1 heterocycles. The number of nitro groups is 1. The number of nitrogens with zero attached hydrogens (tertiary/aromatic N) is 3. The third kappa shape index (κ3) is 4.63. The Balaban J connectivity index is 1.69. The quantitative estimate of drug-likeness (QED) is 0.413. The van der Waals surface area contributed by atoms with Crippen LogP contribution in [0.15, 0.2) is 42.5 Å². The SMILES string of the molecule is Cc1nn(Cc2ccc(C(=O)NC(C)c3ccc(Cl)c(Cl)c3)cc2)c(C)c1[N+](=O)[O-]. The van der Waals surface area contributed by atoms with Gasteiger partial charge in [-0.1, -0.05) is 41.4 Å². The van der Waals surface area contributed by atoms with Crippen molar-refractivity contribution in [3.63, 3.8) is 0 Å². The fourth-order valence-corrected chi connectivity index (χ4v) is 3.49. The van der Waals surface area contributed by atoms with Crippen molar-refractivity contribution in [3.05, 3.63) is 90.7 Å². The smallest absolute Gasteiger partial charge is 0.312 e. The van der Waals surface area contributed by atoms with Crippen LogP contribution in [-0.4, -0.2) is 20.6 Å². The molecule has 3 aromatic rings. The van der Waals surface area contributed by atoms with Crippen LogP contribution < -0.4 is 5.32 Å². The van der Waals surface area contributed by atoms with Crippen molar-refractivity contribution in [1.29, 1.82) is 0 Å². The van der Waals surface area contributed by atoms with Crippen LogP contribution in [0.4, 0.5) is 5.69 Å². The molecule has 1 unspecified atom stereocenters. The lowest BCUT2D eigenvalue weighted by atomic mass is 10.1. The molecule has 3 rings (SSSR count). The fraction of sp³-hybridized carbons (Fsp3) is 0.238. The van der Waals surface area contributed by atoms with Gasteiger partial charge in [-0.3, -0.25) is 19.6 Å². The first-order chi connectivity index (χ1) is 14.2. The number of aryl methyl sites for hydroxylation is 1. The molecule has 0 saturated carbocycles. The number of hydrogen-bond donors (Lipinski definition) is 1. The largest absolute Gasteiger partial charge is 0.346 e. The van der Waals surface area contributed by atoms with E-state index in [0.717, 1.165) is 11.1 Å². The normalized spacial score (nSPS) is 11.9. The zero-order valence-electron chi connectivity index (χ0n) is 16.6. The van der Waals surface area contributed by atoms with Gasteiger partial charge in [0.1, 0.15) is 11.4 Å². The molecular formula is C21H20Cl2N4O3. The van der Waals surface area contributed by atoms with E-state index in [0.29, 0.717) is 33.5 Å². The highest BCUT2D eigenvalue weighted by Gasteiger charge is 2.21. The second kappa shape index (κ2) is 8.85. The average molecular weight is 447 g/mol. The van der Waals surface area contributed by atoms with Gasteiger partial charge >= 0.3 is 5.69 Å². The molecule has 1 amide bonds. The summed E-state index contributed by atoms with van der Waals surface area (Å²) in [5, 5.41) is 19.2. The zero-order valence-corrected chi connectivity index (χ0v) is 18.2. The highest BCUT2D eigenvalue weighted by atomic mass is 35.5. The Morgan fingerprint density at radius 3 is 2.40 bits per heavy atom. The van der Waals surface area contributed by atoms with E-state index in [9.17, 15) is 14.9 Å². The Labute approximate surface area is 183 Å². The Hall–Kier alpha value is -2.90. The van der Waals surface area contributed by atoms with Crippen molar-refractivity contribution >= 4 is 34.8 Å². The summed E-state index contributed by atoms with van der Waals surface area (Å²) in [5.41, 5.74) is 3.14. The Kier molecular flexibility index (Phi) is 6.43. The maximum atomic E-state index is 12.6. The van der Waals surface area contributed by atoms with E-state index in [1.807, 2.05) is 13.0 Å². The summed E-state index contributed by atoms with van der Waals surface area (Å²) < 4.78 is 1.59. The van der Waals surface area contributed by atoms with E-state index >= 15 is 0 Å². The molecule has 0 aliphatic rings. The Morgan fingerprint density at radius 2 is 1.83 bits per heavy atom. The van der Waals surface area contributed by atoms with E-state index in [1.165, 1.54) is 0 Å². The number of carbonyl (C=O) groups is 1. The number of benzene rings is 2. The van der Waals surface area contributed by atoms with Gasteiger partial charge in [-0.15, -0.1) is 0 Å². The third-order valence-corrected chi connectivity index (χ3v) is 5.60. The topological polar surface area (TPSA) is 90.1 Å².